The molecule has 0 atom stereocenters. The molecule has 0 amide bonds. The van der Waals surface area contributed by atoms with Crippen molar-refractivity contribution < 1.29 is 4.74 Å². The van der Waals surface area contributed by atoms with Crippen molar-refractivity contribution in [2.45, 2.75) is 6.54 Å². The second-order valence-electron chi connectivity index (χ2n) is 3.02. The molecule has 0 aliphatic heterocycles. The van der Waals surface area contributed by atoms with Crippen molar-refractivity contribution in [2.24, 2.45) is 0 Å². The first-order valence-corrected chi connectivity index (χ1v) is 4.37. The number of fused-ring (bicyclic) bond motifs is 1. The smallest absolute Gasteiger partial charge is 0.0887 e. The second kappa shape index (κ2) is 3.63. The van der Waals surface area contributed by atoms with Gasteiger partial charge in [-0.1, -0.05) is 0 Å². The van der Waals surface area contributed by atoms with Crippen LogP contribution in [0.25, 0.3) is 10.9 Å². The number of methoxy groups -OCH3 is 1. The summed E-state index contributed by atoms with van der Waals surface area (Å²) in [5, 5.41) is 5.15. The Morgan fingerprint density at radius 3 is 3.07 bits per heavy atom. The second-order valence-corrected chi connectivity index (χ2v) is 3.02. The Balaban J connectivity index is 2.42. The summed E-state index contributed by atoms with van der Waals surface area (Å²) in [4.78, 5) is 4.03. The number of aromatic nitrogens is 3. The van der Waals surface area contributed by atoms with Gasteiger partial charge in [-0.3, -0.25) is 9.67 Å². The van der Waals surface area contributed by atoms with Crippen LogP contribution in [0.3, 0.4) is 0 Å². The lowest BCUT2D eigenvalue weighted by Gasteiger charge is -2.01. The first-order chi connectivity index (χ1) is 6.83. The quantitative estimate of drug-likeness (QED) is 0.775. The number of nitrogens with zero attached hydrogens (tertiary/aromatic N) is 3. The molecule has 2 rings (SSSR count). The summed E-state index contributed by atoms with van der Waals surface area (Å²) >= 11 is 0. The largest absolute Gasteiger partial charge is 0.397 e. The highest BCUT2D eigenvalue weighted by atomic mass is 16.5. The molecule has 0 spiro atoms. The monoisotopic (exact) mass is 192 g/mol. The molecule has 14 heavy (non-hydrogen) atoms. The molecule has 0 aromatic carbocycles. The number of ether oxygens (including phenoxy) is 1. The van der Waals surface area contributed by atoms with E-state index >= 15 is 0 Å². The van der Waals surface area contributed by atoms with Gasteiger partial charge >= 0.3 is 0 Å². The van der Waals surface area contributed by atoms with Crippen LogP contribution in [0.4, 0.5) is 5.69 Å². The summed E-state index contributed by atoms with van der Waals surface area (Å²) in [6, 6.07) is 0. The fourth-order valence-electron chi connectivity index (χ4n) is 1.37. The van der Waals surface area contributed by atoms with Gasteiger partial charge in [0.15, 0.2) is 0 Å². The molecular formula is C9H12N4O. The topological polar surface area (TPSA) is 66.0 Å². The maximum absolute atomic E-state index is 5.75. The molecule has 0 bridgehead atoms. The first kappa shape index (κ1) is 8.96. The number of hydrogen-bond acceptors (Lipinski definition) is 4. The van der Waals surface area contributed by atoms with E-state index in [0.29, 0.717) is 18.8 Å². The third-order valence-electron chi connectivity index (χ3n) is 2.11. The van der Waals surface area contributed by atoms with Crippen LogP contribution in [-0.2, 0) is 11.3 Å². The third kappa shape index (κ3) is 1.42. The molecule has 0 saturated heterocycles. The Bertz CT molecular complexity index is 437. The molecule has 2 heterocycles. The van der Waals surface area contributed by atoms with Gasteiger partial charge in [0.05, 0.1) is 42.9 Å². The van der Waals surface area contributed by atoms with Crippen molar-refractivity contribution in [1.29, 1.82) is 0 Å². The molecule has 0 aliphatic carbocycles. The zero-order valence-corrected chi connectivity index (χ0v) is 7.97. The van der Waals surface area contributed by atoms with Crippen LogP contribution in [0.2, 0.25) is 0 Å². The van der Waals surface area contributed by atoms with Gasteiger partial charge in [0, 0.05) is 12.5 Å². The molecule has 2 aromatic rings. The predicted molar refractivity (Wildman–Crippen MR) is 53.8 cm³/mol. The van der Waals surface area contributed by atoms with Crippen LogP contribution >= 0.6 is 0 Å². The van der Waals surface area contributed by atoms with Gasteiger partial charge in [-0.25, -0.2) is 0 Å². The molecule has 0 fully saturated rings. The fraction of sp³-hybridized carbons (Fsp3) is 0.333. The molecule has 2 aromatic heterocycles. The minimum Gasteiger partial charge on any atom is -0.397 e. The Morgan fingerprint density at radius 1 is 1.43 bits per heavy atom. The highest BCUT2D eigenvalue weighted by Gasteiger charge is 2.04. The molecule has 5 nitrogen and oxygen atoms in total. The summed E-state index contributed by atoms with van der Waals surface area (Å²) in [5.41, 5.74) is 7.36. The van der Waals surface area contributed by atoms with Crippen molar-refractivity contribution in [3.8, 4) is 0 Å². The summed E-state index contributed by atoms with van der Waals surface area (Å²) in [7, 11) is 1.66. The van der Waals surface area contributed by atoms with E-state index in [9.17, 15) is 0 Å². The van der Waals surface area contributed by atoms with E-state index in [-0.39, 0.29) is 0 Å². The molecule has 5 heteroatoms. The van der Waals surface area contributed by atoms with Gasteiger partial charge in [-0.15, -0.1) is 0 Å². The Kier molecular flexibility index (Phi) is 2.32. The Labute approximate surface area is 81.5 Å². The number of hydrogen-bond donors (Lipinski definition) is 1. The molecular weight excluding hydrogens is 180 g/mol. The highest BCUT2D eigenvalue weighted by Crippen LogP contribution is 2.18. The summed E-state index contributed by atoms with van der Waals surface area (Å²) in [6.45, 7) is 1.34. The van der Waals surface area contributed by atoms with E-state index in [2.05, 4.69) is 10.1 Å². The number of nitrogens with two attached hydrogens (primary N) is 1. The fourth-order valence-corrected chi connectivity index (χ4v) is 1.37. The van der Waals surface area contributed by atoms with Gasteiger partial charge in [0.25, 0.3) is 0 Å². The van der Waals surface area contributed by atoms with Crippen LogP contribution < -0.4 is 5.73 Å². The zero-order valence-electron chi connectivity index (χ0n) is 7.97. The molecule has 0 radical (unpaired) electrons. The Hall–Kier alpha value is -1.62. The van der Waals surface area contributed by atoms with Crippen molar-refractivity contribution in [3.63, 3.8) is 0 Å². The number of nitrogen functional groups attached to an aromatic ring is 1. The van der Waals surface area contributed by atoms with Gasteiger partial charge in [-0.05, 0) is 0 Å². The zero-order chi connectivity index (χ0) is 9.97. The average molecular weight is 192 g/mol. The van der Waals surface area contributed by atoms with Crippen molar-refractivity contribution in [1.82, 2.24) is 14.8 Å². The normalized spacial score (nSPS) is 10.9. The van der Waals surface area contributed by atoms with Crippen LogP contribution in [0.15, 0.2) is 18.6 Å². The van der Waals surface area contributed by atoms with Crippen LogP contribution in [0, 0.1) is 0 Å². The van der Waals surface area contributed by atoms with E-state index in [4.69, 9.17) is 10.5 Å². The maximum Gasteiger partial charge on any atom is 0.0887 e. The highest BCUT2D eigenvalue weighted by molar-refractivity contribution is 5.88. The lowest BCUT2D eigenvalue weighted by atomic mass is 10.3. The van der Waals surface area contributed by atoms with E-state index in [1.54, 1.807) is 25.7 Å². The van der Waals surface area contributed by atoms with Crippen LogP contribution in [0.5, 0.6) is 0 Å². The summed E-state index contributed by atoms with van der Waals surface area (Å²) in [6.07, 6.45) is 5.14. The van der Waals surface area contributed by atoms with E-state index in [1.165, 1.54) is 0 Å². The lowest BCUT2D eigenvalue weighted by molar-refractivity contribution is 0.185. The Morgan fingerprint density at radius 2 is 2.29 bits per heavy atom. The van der Waals surface area contributed by atoms with Gasteiger partial charge in [0.1, 0.15) is 0 Å². The molecule has 0 aliphatic rings. The predicted octanol–water partition coefficient (Wildman–Crippen LogP) is 0.660. The standard InChI is InChI=1S/C9H12N4O/c1-14-3-2-13-9-6-11-5-8(10)7(9)4-12-13/h4-6H,2-3,10H2,1H3. The summed E-state index contributed by atoms with van der Waals surface area (Å²) in [5.74, 6) is 0. The molecule has 74 valence electrons. The minimum atomic E-state index is 0.631. The lowest BCUT2D eigenvalue weighted by Crippen LogP contribution is -2.05. The summed E-state index contributed by atoms with van der Waals surface area (Å²) < 4.78 is 6.82. The molecule has 0 saturated carbocycles. The van der Waals surface area contributed by atoms with Crippen molar-refractivity contribution >= 4 is 16.6 Å². The van der Waals surface area contributed by atoms with Gasteiger partial charge < -0.3 is 10.5 Å². The minimum absolute atomic E-state index is 0.631. The van der Waals surface area contributed by atoms with Crippen LogP contribution in [-0.4, -0.2) is 28.5 Å². The van der Waals surface area contributed by atoms with E-state index < -0.39 is 0 Å². The number of rotatable bonds is 3. The third-order valence-corrected chi connectivity index (χ3v) is 2.11. The van der Waals surface area contributed by atoms with E-state index in [1.807, 2.05) is 4.68 Å². The number of pyridine rings is 1. The average Bonchev–Trinajstić information content (AvgIpc) is 2.60. The number of anilines is 1. The first-order valence-electron chi connectivity index (χ1n) is 4.37. The van der Waals surface area contributed by atoms with Gasteiger partial charge in [-0.2, -0.15) is 5.10 Å². The molecule has 0 unspecified atom stereocenters. The van der Waals surface area contributed by atoms with Gasteiger partial charge in [0.2, 0.25) is 0 Å². The van der Waals surface area contributed by atoms with Crippen molar-refractivity contribution in [2.75, 3.05) is 19.5 Å². The van der Waals surface area contributed by atoms with Crippen molar-refractivity contribution in [3.05, 3.63) is 18.6 Å². The maximum atomic E-state index is 5.75. The van der Waals surface area contributed by atoms with Crippen LogP contribution in [0.1, 0.15) is 0 Å². The van der Waals surface area contributed by atoms with E-state index in [0.717, 1.165) is 10.9 Å². The molecule has 2 N–H and O–H groups in total. The SMILES string of the molecule is COCCn1ncc2c(N)cncc21.